The van der Waals surface area contributed by atoms with E-state index in [1.807, 2.05) is 0 Å². The van der Waals surface area contributed by atoms with Gasteiger partial charge in [0.25, 0.3) is 0 Å². The maximum atomic E-state index is 11.9. The van der Waals surface area contributed by atoms with Crippen LogP contribution in [0, 0.1) is 0 Å². The van der Waals surface area contributed by atoms with E-state index in [-0.39, 0.29) is 5.03 Å². The second-order valence-electron chi connectivity index (χ2n) is 1.04. The summed E-state index contributed by atoms with van der Waals surface area (Å²) in [7, 11) is 0. The van der Waals surface area contributed by atoms with Crippen LogP contribution in [0.5, 0.6) is 0 Å². The third-order valence-corrected chi connectivity index (χ3v) is 0.693. The van der Waals surface area contributed by atoms with Crippen LogP contribution in [0.15, 0.2) is 23.5 Å². The Kier molecular flexibility index (Phi) is 2.68. The summed E-state index contributed by atoms with van der Waals surface area (Å²) in [5.74, 6) is -0.457. The molecular formula is C5H6ClF. The van der Waals surface area contributed by atoms with Crippen molar-refractivity contribution >= 4 is 11.6 Å². The van der Waals surface area contributed by atoms with Crippen LogP contribution in [0.2, 0.25) is 0 Å². The van der Waals surface area contributed by atoms with Crippen LogP contribution in [0.1, 0.15) is 6.92 Å². The summed E-state index contributed by atoms with van der Waals surface area (Å²) in [5.41, 5.74) is 0. The highest BCUT2D eigenvalue weighted by molar-refractivity contribution is 6.31. The van der Waals surface area contributed by atoms with Gasteiger partial charge in [-0.3, -0.25) is 0 Å². The maximum absolute atomic E-state index is 11.9. The van der Waals surface area contributed by atoms with Crippen molar-refractivity contribution in [1.82, 2.24) is 0 Å². The topological polar surface area (TPSA) is 0 Å². The van der Waals surface area contributed by atoms with Crippen LogP contribution in [0.25, 0.3) is 0 Å². The standard InChI is InChI=1S/C5H6ClF/c1-3-5(7)4(2)6/h3H,2H2,1H3/b5-3+. The van der Waals surface area contributed by atoms with Crippen molar-refractivity contribution in [2.75, 3.05) is 0 Å². The molecule has 0 rings (SSSR count). The lowest BCUT2D eigenvalue weighted by Crippen LogP contribution is -1.64. The van der Waals surface area contributed by atoms with Gasteiger partial charge in [-0.2, -0.15) is 0 Å². The molecule has 0 aliphatic carbocycles. The van der Waals surface area contributed by atoms with E-state index in [1.54, 1.807) is 6.92 Å². The lowest BCUT2D eigenvalue weighted by Gasteiger charge is -1.84. The SMILES string of the molecule is C=C(Cl)/C(F)=C\C. The van der Waals surface area contributed by atoms with Crippen molar-refractivity contribution in [3.8, 4) is 0 Å². The van der Waals surface area contributed by atoms with Gasteiger partial charge in [0.2, 0.25) is 0 Å². The van der Waals surface area contributed by atoms with Gasteiger partial charge in [0, 0.05) is 0 Å². The molecule has 0 nitrogen and oxygen atoms in total. The molecule has 0 radical (unpaired) electrons. The van der Waals surface area contributed by atoms with Gasteiger partial charge < -0.3 is 0 Å². The molecule has 0 N–H and O–H groups in total. The minimum Gasteiger partial charge on any atom is -0.206 e. The summed E-state index contributed by atoms with van der Waals surface area (Å²) in [6, 6.07) is 0. The molecule has 0 heterocycles. The minimum absolute atomic E-state index is 0.0394. The number of rotatable bonds is 1. The molecule has 0 aromatic carbocycles. The maximum Gasteiger partial charge on any atom is 0.136 e. The molecule has 0 fully saturated rings. The smallest absolute Gasteiger partial charge is 0.136 e. The first kappa shape index (κ1) is 6.70. The summed E-state index contributed by atoms with van der Waals surface area (Å²) in [6.45, 7) is 4.71. The average Bonchev–Trinajstić information content (AvgIpc) is 1.65. The van der Waals surface area contributed by atoms with E-state index in [9.17, 15) is 4.39 Å². The summed E-state index contributed by atoms with van der Waals surface area (Å²) in [5, 5.41) is -0.0394. The molecule has 0 bridgehead atoms. The van der Waals surface area contributed by atoms with Gasteiger partial charge in [0.1, 0.15) is 5.83 Å². The predicted molar refractivity (Wildman–Crippen MR) is 29.9 cm³/mol. The number of allylic oxidation sites excluding steroid dienone is 3. The lowest BCUT2D eigenvalue weighted by molar-refractivity contribution is 0.661. The predicted octanol–water partition coefficient (Wildman–Crippen LogP) is 2.61. The lowest BCUT2D eigenvalue weighted by atomic mass is 10.5. The highest BCUT2D eigenvalue weighted by Crippen LogP contribution is 2.11. The van der Waals surface area contributed by atoms with E-state index in [4.69, 9.17) is 11.6 Å². The number of hydrogen-bond acceptors (Lipinski definition) is 0. The highest BCUT2D eigenvalue weighted by atomic mass is 35.5. The molecule has 7 heavy (non-hydrogen) atoms. The van der Waals surface area contributed by atoms with Gasteiger partial charge in [-0.25, -0.2) is 4.39 Å². The van der Waals surface area contributed by atoms with Gasteiger partial charge in [0.15, 0.2) is 0 Å². The number of hydrogen-bond donors (Lipinski definition) is 0. The Hall–Kier alpha value is -0.300. The Bertz CT molecular complexity index is 105. The summed E-state index contributed by atoms with van der Waals surface area (Å²) in [6.07, 6.45) is 1.26. The molecule has 0 unspecified atom stereocenters. The Balaban J connectivity index is 3.82. The van der Waals surface area contributed by atoms with E-state index in [1.165, 1.54) is 6.08 Å². The van der Waals surface area contributed by atoms with Crippen molar-refractivity contribution in [2.24, 2.45) is 0 Å². The molecule has 40 valence electrons. The molecule has 0 amide bonds. The van der Waals surface area contributed by atoms with Crippen LogP contribution in [0.3, 0.4) is 0 Å². The first-order valence-electron chi connectivity index (χ1n) is 1.85. The van der Waals surface area contributed by atoms with Gasteiger partial charge >= 0.3 is 0 Å². The van der Waals surface area contributed by atoms with Crippen molar-refractivity contribution in [3.05, 3.63) is 23.5 Å². The molecule has 0 saturated heterocycles. The van der Waals surface area contributed by atoms with Crippen molar-refractivity contribution in [2.45, 2.75) is 6.92 Å². The second-order valence-corrected chi connectivity index (χ2v) is 1.50. The van der Waals surface area contributed by atoms with Crippen molar-refractivity contribution in [1.29, 1.82) is 0 Å². The zero-order chi connectivity index (χ0) is 5.86. The normalized spacial score (nSPS) is 11.6. The fraction of sp³-hybridized carbons (Fsp3) is 0.200. The Morgan fingerprint density at radius 2 is 2.29 bits per heavy atom. The number of halogens is 2. The Morgan fingerprint density at radius 3 is 2.29 bits per heavy atom. The first-order chi connectivity index (χ1) is 3.18. The summed E-state index contributed by atoms with van der Waals surface area (Å²) in [4.78, 5) is 0. The van der Waals surface area contributed by atoms with Gasteiger partial charge in [-0.1, -0.05) is 24.3 Å². The van der Waals surface area contributed by atoms with E-state index < -0.39 is 5.83 Å². The third kappa shape index (κ3) is 2.40. The molecule has 0 atom stereocenters. The molecule has 0 aliphatic heterocycles. The zero-order valence-corrected chi connectivity index (χ0v) is 4.80. The van der Waals surface area contributed by atoms with E-state index >= 15 is 0 Å². The Morgan fingerprint density at radius 1 is 1.86 bits per heavy atom. The van der Waals surface area contributed by atoms with E-state index in [2.05, 4.69) is 6.58 Å². The fourth-order valence-electron chi connectivity index (χ4n) is 0.157. The van der Waals surface area contributed by atoms with Crippen molar-refractivity contribution in [3.63, 3.8) is 0 Å². The van der Waals surface area contributed by atoms with E-state index in [0.717, 1.165) is 0 Å². The largest absolute Gasteiger partial charge is 0.206 e. The molecular weight excluding hydrogens is 115 g/mol. The van der Waals surface area contributed by atoms with Gasteiger partial charge in [-0.15, -0.1) is 0 Å². The molecule has 0 aromatic rings. The minimum atomic E-state index is -0.457. The second kappa shape index (κ2) is 2.80. The van der Waals surface area contributed by atoms with Crippen LogP contribution in [-0.4, -0.2) is 0 Å². The van der Waals surface area contributed by atoms with Crippen LogP contribution in [0.4, 0.5) is 4.39 Å². The molecule has 0 spiro atoms. The fourth-order valence-corrected chi connectivity index (χ4v) is 0.266. The van der Waals surface area contributed by atoms with Crippen LogP contribution in [-0.2, 0) is 0 Å². The zero-order valence-electron chi connectivity index (χ0n) is 4.04. The van der Waals surface area contributed by atoms with Crippen molar-refractivity contribution < 1.29 is 4.39 Å². The molecule has 2 heteroatoms. The van der Waals surface area contributed by atoms with Gasteiger partial charge in [-0.05, 0) is 6.92 Å². The molecule has 0 saturated carbocycles. The molecule has 0 aliphatic rings. The summed E-state index contributed by atoms with van der Waals surface area (Å²) >= 11 is 5.09. The quantitative estimate of drug-likeness (QED) is 0.467. The molecule has 0 aromatic heterocycles. The van der Waals surface area contributed by atoms with Gasteiger partial charge in [0.05, 0.1) is 5.03 Å². The average molecular weight is 121 g/mol. The third-order valence-electron chi connectivity index (χ3n) is 0.513. The Labute approximate surface area is 47.3 Å². The highest BCUT2D eigenvalue weighted by Gasteiger charge is 1.90. The monoisotopic (exact) mass is 120 g/mol. The van der Waals surface area contributed by atoms with Crippen LogP contribution < -0.4 is 0 Å². The van der Waals surface area contributed by atoms with Crippen LogP contribution >= 0.6 is 11.6 Å². The first-order valence-corrected chi connectivity index (χ1v) is 2.23. The van der Waals surface area contributed by atoms with E-state index in [0.29, 0.717) is 0 Å². The summed E-state index contributed by atoms with van der Waals surface area (Å²) < 4.78 is 11.9.